The molecule has 1 N–H and O–H groups in total. The van der Waals surface area contributed by atoms with E-state index < -0.39 is 25.1 Å². The monoisotopic (exact) mass is 432 g/mol. The third-order valence-electron chi connectivity index (χ3n) is 4.39. The molecule has 1 amide bonds. The molecule has 3 rings (SSSR count). The quantitative estimate of drug-likeness (QED) is 0.510. The zero-order chi connectivity index (χ0) is 22.1. The number of ether oxygens (including phenoxy) is 3. The number of esters is 1. The van der Waals surface area contributed by atoms with Crippen molar-refractivity contribution in [2.24, 2.45) is 0 Å². The summed E-state index contributed by atoms with van der Waals surface area (Å²) in [6.45, 7) is -0.306. The Morgan fingerprint density at radius 2 is 1.74 bits per heavy atom. The first-order valence-electron chi connectivity index (χ1n) is 9.62. The number of halogens is 2. The van der Waals surface area contributed by atoms with Gasteiger partial charge in [-0.1, -0.05) is 12.1 Å². The van der Waals surface area contributed by atoms with E-state index in [1.165, 1.54) is 30.3 Å². The van der Waals surface area contributed by atoms with Crippen LogP contribution in [0, 0.1) is 0 Å². The maximum Gasteiger partial charge on any atom is 0.387 e. The Morgan fingerprint density at radius 3 is 2.39 bits per heavy atom. The standard InChI is InChI=1S/C22H22F2N2O5/c23-22(24)31-19-8-1-16(2-9-19)3-10-21(28)30-15-20(27)25-17-4-6-18(7-5-17)26-11-13-29-14-12-26/h1-10,22H,11-15H2,(H,25,27). The highest BCUT2D eigenvalue weighted by atomic mass is 19.3. The molecule has 1 saturated heterocycles. The molecule has 1 heterocycles. The van der Waals surface area contributed by atoms with E-state index in [9.17, 15) is 18.4 Å². The lowest BCUT2D eigenvalue weighted by Gasteiger charge is -2.28. The largest absolute Gasteiger partial charge is 0.452 e. The van der Waals surface area contributed by atoms with E-state index in [-0.39, 0.29) is 5.75 Å². The number of anilines is 2. The number of carbonyl (C=O) groups excluding carboxylic acids is 2. The summed E-state index contributed by atoms with van der Waals surface area (Å²) in [7, 11) is 0. The number of carbonyl (C=O) groups is 2. The number of alkyl halides is 2. The zero-order valence-electron chi connectivity index (χ0n) is 16.6. The van der Waals surface area contributed by atoms with Crippen LogP contribution in [0.2, 0.25) is 0 Å². The molecule has 2 aromatic carbocycles. The molecule has 0 saturated carbocycles. The van der Waals surface area contributed by atoms with Gasteiger partial charge in [-0.3, -0.25) is 4.79 Å². The van der Waals surface area contributed by atoms with Crippen molar-refractivity contribution in [1.82, 2.24) is 0 Å². The van der Waals surface area contributed by atoms with Crippen molar-refractivity contribution in [2.45, 2.75) is 6.61 Å². The zero-order valence-corrected chi connectivity index (χ0v) is 16.6. The van der Waals surface area contributed by atoms with Gasteiger partial charge in [0.1, 0.15) is 5.75 Å². The van der Waals surface area contributed by atoms with Crippen LogP contribution in [-0.4, -0.2) is 51.4 Å². The van der Waals surface area contributed by atoms with Crippen molar-refractivity contribution in [3.63, 3.8) is 0 Å². The Balaban J connectivity index is 1.41. The molecule has 2 aromatic rings. The summed E-state index contributed by atoms with van der Waals surface area (Å²) in [6, 6.07) is 13.1. The summed E-state index contributed by atoms with van der Waals surface area (Å²) < 4.78 is 38.7. The lowest BCUT2D eigenvalue weighted by atomic mass is 10.2. The molecule has 1 aliphatic rings. The number of morpholine rings is 1. The van der Waals surface area contributed by atoms with Crippen LogP contribution in [0.15, 0.2) is 54.6 Å². The molecule has 1 fully saturated rings. The maximum atomic E-state index is 12.1. The van der Waals surface area contributed by atoms with Crippen molar-refractivity contribution >= 4 is 29.3 Å². The lowest BCUT2D eigenvalue weighted by molar-refractivity contribution is -0.142. The molecule has 0 bridgehead atoms. The van der Waals surface area contributed by atoms with Crippen LogP contribution in [0.25, 0.3) is 6.08 Å². The Labute approximate surface area is 178 Å². The van der Waals surface area contributed by atoms with Gasteiger partial charge in [-0.25, -0.2) is 4.79 Å². The van der Waals surface area contributed by atoms with Gasteiger partial charge >= 0.3 is 12.6 Å². The van der Waals surface area contributed by atoms with Gasteiger partial charge in [-0.15, -0.1) is 0 Å². The Bertz CT molecular complexity index is 895. The summed E-state index contributed by atoms with van der Waals surface area (Å²) in [5, 5.41) is 2.66. The predicted octanol–water partition coefficient (Wildman–Crippen LogP) is 3.32. The number of nitrogens with one attached hydrogen (secondary N) is 1. The molecule has 0 unspecified atom stereocenters. The average Bonchev–Trinajstić information content (AvgIpc) is 2.78. The predicted molar refractivity (Wildman–Crippen MR) is 111 cm³/mol. The van der Waals surface area contributed by atoms with Gasteiger partial charge in [-0.05, 0) is 48.0 Å². The molecule has 7 nitrogen and oxygen atoms in total. The molecule has 31 heavy (non-hydrogen) atoms. The number of hydrogen-bond acceptors (Lipinski definition) is 6. The minimum atomic E-state index is -2.90. The number of amides is 1. The molecule has 0 spiro atoms. The second kappa shape index (κ2) is 11.1. The van der Waals surface area contributed by atoms with E-state index in [1.54, 1.807) is 12.1 Å². The van der Waals surface area contributed by atoms with E-state index in [2.05, 4.69) is 15.0 Å². The summed E-state index contributed by atoms with van der Waals surface area (Å²) in [5.41, 5.74) is 2.23. The first kappa shape index (κ1) is 22.2. The van der Waals surface area contributed by atoms with Crippen molar-refractivity contribution in [2.75, 3.05) is 43.1 Å². The van der Waals surface area contributed by atoms with Crippen molar-refractivity contribution in [1.29, 1.82) is 0 Å². The van der Waals surface area contributed by atoms with Crippen LogP contribution in [0.1, 0.15) is 5.56 Å². The average molecular weight is 432 g/mol. The highest BCUT2D eigenvalue weighted by molar-refractivity contribution is 5.94. The van der Waals surface area contributed by atoms with Crippen LogP contribution < -0.4 is 15.0 Å². The Hall–Kier alpha value is -3.46. The summed E-state index contributed by atoms with van der Waals surface area (Å²) in [5.74, 6) is -1.15. The van der Waals surface area contributed by atoms with Gasteiger partial charge in [0, 0.05) is 30.5 Å². The molecule has 9 heteroatoms. The third kappa shape index (κ3) is 7.38. The van der Waals surface area contributed by atoms with Gasteiger partial charge in [0.2, 0.25) is 0 Å². The lowest BCUT2D eigenvalue weighted by Crippen LogP contribution is -2.36. The normalized spacial score (nSPS) is 14.0. The Morgan fingerprint density at radius 1 is 1.06 bits per heavy atom. The second-order valence-electron chi connectivity index (χ2n) is 6.58. The molecule has 0 atom stereocenters. The van der Waals surface area contributed by atoms with Gasteiger partial charge < -0.3 is 24.4 Å². The number of nitrogens with zero attached hydrogens (tertiary/aromatic N) is 1. The highest BCUT2D eigenvalue weighted by Gasteiger charge is 2.11. The Kier molecular flexibility index (Phi) is 7.94. The van der Waals surface area contributed by atoms with Crippen LogP contribution in [0.5, 0.6) is 5.75 Å². The topological polar surface area (TPSA) is 77.1 Å². The molecule has 1 aliphatic heterocycles. The minimum Gasteiger partial charge on any atom is -0.452 e. The molecule has 0 aliphatic carbocycles. The van der Waals surface area contributed by atoms with Crippen LogP contribution in [-0.2, 0) is 19.1 Å². The van der Waals surface area contributed by atoms with E-state index in [4.69, 9.17) is 9.47 Å². The number of rotatable bonds is 8. The van der Waals surface area contributed by atoms with Crippen molar-refractivity contribution < 1.29 is 32.6 Å². The minimum absolute atomic E-state index is 0.0179. The first-order valence-corrected chi connectivity index (χ1v) is 9.62. The fraction of sp³-hybridized carbons (Fsp3) is 0.273. The van der Waals surface area contributed by atoms with Gasteiger partial charge in [0.25, 0.3) is 5.91 Å². The highest BCUT2D eigenvalue weighted by Crippen LogP contribution is 2.19. The van der Waals surface area contributed by atoms with Gasteiger partial charge in [0.05, 0.1) is 13.2 Å². The van der Waals surface area contributed by atoms with Crippen molar-refractivity contribution in [3.05, 3.63) is 60.2 Å². The summed E-state index contributed by atoms with van der Waals surface area (Å²) >= 11 is 0. The smallest absolute Gasteiger partial charge is 0.387 e. The molecular weight excluding hydrogens is 410 g/mol. The molecule has 0 radical (unpaired) electrons. The SMILES string of the molecule is O=C(COC(=O)C=Cc1ccc(OC(F)F)cc1)Nc1ccc(N2CCOCC2)cc1. The van der Waals surface area contributed by atoms with Crippen molar-refractivity contribution in [3.8, 4) is 5.75 Å². The molecular formula is C22H22F2N2O5. The van der Waals surface area contributed by atoms with E-state index >= 15 is 0 Å². The van der Waals surface area contributed by atoms with Crippen LogP contribution in [0.4, 0.5) is 20.2 Å². The van der Waals surface area contributed by atoms with E-state index in [1.807, 2.05) is 12.1 Å². The van der Waals surface area contributed by atoms with Gasteiger partial charge in [0.15, 0.2) is 6.61 Å². The maximum absolute atomic E-state index is 12.1. The summed E-state index contributed by atoms with van der Waals surface area (Å²) in [6.07, 6.45) is 2.59. The fourth-order valence-electron chi connectivity index (χ4n) is 2.88. The summed E-state index contributed by atoms with van der Waals surface area (Å²) in [4.78, 5) is 26.0. The van der Waals surface area contributed by atoms with E-state index in [0.717, 1.165) is 24.9 Å². The third-order valence-corrected chi connectivity index (χ3v) is 4.39. The first-order chi connectivity index (χ1) is 15.0. The second-order valence-corrected chi connectivity index (χ2v) is 6.58. The van der Waals surface area contributed by atoms with E-state index in [0.29, 0.717) is 24.5 Å². The van der Waals surface area contributed by atoms with Crippen LogP contribution in [0.3, 0.4) is 0 Å². The number of hydrogen-bond donors (Lipinski definition) is 1. The van der Waals surface area contributed by atoms with Crippen LogP contribution >= 0.6 is 0 Å². The molecule has 0 aromatic heterocycles. The fourth-order valence-corrected chi connectivity index (χ4v) is 2.88. The number of benzene rings is 2. The molecule has 164 valence electrons. The van der Waals surface area contributed by atoms with Gasteiger partial charge in [-0.2, -0.15) is 8.78 Å².